The molecule has 1 atom stereocenters. The highest BCUT2D eigenvalue weighted by Crippen LogP contribution is 2.29. The van der Waals surface area contributed by atoms with Crippen molar-refractivity contribution in [1.29, 1.82) is 0 Å². The van der Waals surface area contributed by atoms with Gasteiger partial charge in [-0.15, -0.1) is 0 Å². The van der Waals surface area contributed by atoms with E-state index < -0.39 is 11.9 Å². The Balaban J connectivity index is 1.52. The largest absolute Gasteiger partial charge is 0.442 e. The lowest BCUT2D eigenvalue weighted by atomic mass is 10.1. The molecule has 0 saturated carbocycles. The van der Waals surface area contributed by atoms with Gasteiger partial charge in [0.05, 0.1) is 29.3 Å². The molecule has 1 amide bonds. The highest BCUT2D eigenvalue weighted by molar-refractivity contribution is 7.80. The van der Waals surface area contributed by atoms with E-state index in [0.717, 1.165) is 5.56 Å². The van der Waals surface area contributed by atoms with Crippen LogP contribution >= 0.6 is 12.2 Å². The van der Waals surface area contributed by atoms with Crippen LogP contribution in [-0.4, -0.2) is 40.4 Å². The number of hydrogen-bond acceptors (Lipinski definition) is 6. The highest BCUT2D eigenvalue weighted by Gasteiger charge is 2.32. The van der Waals surface area contributed by atoms with Crippen molar-refractivity contribution >= 4 is 29.0 Å². The van der Waals surface area contributed by atoms with Gasteiger partial charge in [-0.3, -0.25) is 4.90 Å². The fraction of sp³-hybridized carbons (Fsp3) is 0.200. The van der Waals surface area contributed by atoms with Crippen LogP contribution in [0, 0.1) is 5.82 Å². The molecule has 3 aromatic rings. The maximum absolute atomic E-state index is 14.7. The van der Waals surface area contributed by atoms with E-state index in [1.54, 1.807) is 13.0 Å². The molecule has 1 N–H and O–H groups in total. The standard InChI is InChI=1S/C20H17FN4O3S/c1-12(29)22-10-15-11-25(20(26)27-15)14-7-8-16(17(21)9-14)19-23-18(24-28-19)13-5-3-2-4-6-13/h2-9,15H,10-11H2,1H3,(H,22,29). The van der Waals surface area contributed by atoms with E-state index in [9.17, 15) is 9.18 Å². The normalized spacial score (nSPS) is 16.0. The average molecular weight is 412 g/mol. The zero-order valence-electron chi connectivity index (χ0n) is 15.5. The Labute approximate surface area is 171 Å². The number of nitrogens with one attached hydrogen (secondary N) is 1. The number of cyclic esters (lactones) is 1. The van der Waals surface area contributed by atoms with Crippen molar-refractivity contribution < 1.29 is 18.4 Å². The van der Waals surface area contributed by atoms with Crippen LogP contribution < -0.4 is 10.2 Å². The van der Waals surface area contributed by atoms with Gasteiger partial charge in [0.2, 0.25) is 5.82 Å². The second kappa shape index (κ2) is 7.96. The number of amides is 1. The molecule has 0 aliphatic carbocycles. The molecule has 29 heavy (non-hydrogen) atoms. The van der Waals surface area contributed by atoms with Crippen LogP contribution in [0.3, 0.4) is 0 Å². The maximum atomic E-state index is 14.7. The number of rotatable bonds is 5. The fourth-order valence-corrected chi connectivity index (χ4v) is 3.06. The molecule has 4 rings (SSSR count). The van der Waals surface area contributed by atoms with Crippen LogP contribution in [0.4, 0.5) is 14.9 Å². The van der Waals surface area contributed by atoms with Gasteiger partial charge < -0.3 is 14.6 Å². The molecule has 1 aromatic heterocycles. The van der Waals surface area contributed by atoms with E-state index in [0.29, 0.717) is 29.6 Å². The predicted octanol–water partition coefficient (Wildman–Crippen LogP) is 3.80. The summed E-state index contributed by atoms with van der Waals surface area (Å²) >= 11 is 4.96. The zero-order valence-corrected chi connectivity index (χ0v) is 16.3. The molecule has 0 spiro atoms. The quantitative estimate of drug-likeness (QED) is 0.639. The van der Waals surface area contributed by atoms with Gasteiger partial charge in [0.1, 0.15) is 11.9 Å². The number of anilines is 1. The number of nitrogens with zero attached hydrogens (tertiary/aromatic N) is 3. The molecular formula is C20H17FN4O3S. The second-order valence-electron chi connectivity index (χ2n) is 6.51. The highest BCUT2D eigenvalue weighted by atomic mass is 32.1. The number of carbonyl (C=O) groups is 1. The Morgan fingerprint density at radius 2 is 2.10 bits per heavy atom. The topological polar surface area (TPSA) is 80.5 Å². The summed E-state index contributed by atoms with van der Waals surface area (Å²) in [6, 6.07) is 13.6. The van der Waals surface area contributed by atoms with Gasteiger partial charge in [-0.2, -0.15) is 4.98 Å². The van der Waals surface area contributed by atoms with Crippen molar-refractivity contribution in [1.82, 2.24) is 15.5 Å². The molecule has 7 nitrogen and oxygen atoms in total. The first-order chi connectivity index (χ1) is 14.0. The number of thiocarbonyl (C=S) groups is 1. The lowest BCUT2D eigenvalue weighted by molar-refractivity contribution is 0.143. The first-order valence-corrected chi connectivity index (χ1v) is 9.34. The summed E-state index contributed by atoms with van der Waals surface area (Å²) in [6.07, 6.45) is -0.900. The number of aromatic nitrogens is 2. The maximum Gasteiger partial charge on any atom is 0.414 e. The molecule has 2 aromatic carbocycles. The van der Waals surface area contributed by atoms with Gasteiger partial charge in [0.25, 0.3) is 5.89 Å². The molecule has 1 saturated heterocycles. The molecule has 9 heteroatoms. The molecule has 148 valence electrons. The van der Waals surface area contributed by atoms with Crippen molar-refractivity contribution in [2.24, 2.45) is 0 Å². The lowest BCUT2D eigenvalue weighted by Crippen LogP contribution is -2.32. The number of ether oxygens (including phenoxy) is 1. The molecular weight excluding hydrogens is 395 g/mol. The number of carbonyl (C=O) groups excluding carboxylic acids is 1. The summed E-state index contributed by atoms with van der Waals surface area (Å²) in [5.41, 5.74) is 1.32. The minimum atomic E-state index is -0.574. The monoisotopic (exact) mass is 412 g/mol. The van der Waals surface area contributed by atoms with E-state index in [1.165, 1.54) is 17.0 Å². The Morgan fingerprint density at radius 1 is 1.31 bits per heavy atom. The first-order valence-electron chi connectivity index (χ1n) is 8.93. The van der Waals surface area contributed by atoms with Gasteiger partial charge in [0, 0.05) is 5.56 Å². The number of halogens is 1. The zero-order chi connectivity index (χ0) is 20.4. The minimum absolute atomic E-state index is 0.0652. The van der Waals surface area contributed by atoms with Crippen LogP contribution in [0.2, 0.25) is 0 Å². The third kappa shape index (κ3) is 4.09. The predicted molar refractivity (Wildman–Crippen MR) is 109 cm³/mol. The van der Waals surface area contributed by atoms with Gasteiger partial charge >= 0.3 is 6.09 Å². The third-order valence-corrected chi connectivity index (χ3v) is 4.55. The molecule has 0 bridgehead atoms. The van der Waals surface area contributed by atoms with Crippen LogP contribution in [-0.2, 0) is 4.74 Å². The van der Waals surface area contributed by atoms with Crippen molar-refractivity contribution in [2.75, 3.05) is 18.0 Å². The fourth-order valence-electron chi connectivity index (χ4n) is 2.98. The molecule has 1 aliphatic rings. The number of hydrogen-bond donors (Lipinski definition) is 1. The van der Waals surface area contributed by atoms with E-state index in [1.807, 2.05) is 30.3 Å². The van der Waals surface area contributed by atoms with Gasteiger partial charge in [-0.1, -0.05) is 47.7 Å². The summed E-state index contributed by atoms with van der Waals surface area (Å²) in [5.74, 6) is -0.137. The van der Waals surface area contributed by atoms with Crippen molar-refractivity contribution in [2.45, 2.75) is 13.0 Å². The van der Waals surface area contributed by atoms with E-state index in [2.05, 4.69) is 15.5 Å². The van der Waals surface area contributed by atoms with Crippen molar-refractivity contribution in [3.8, 4) is 22.8 Å². The minimum Gasteiger partial charge on any atom is -0.442 e. The molecule has 1 aliphatic heterocycles. The molecule has 1 fully saturated rings. The Hall–Kier alpha value is -3.33. The van der Waals surface area contributed by atoms with Crippen LogP contribution in [0.5, 0.6) is 0 Å². The van der Waals surface area contributed by atoms with E-state index in [4.69, 9.17) is 21.5 Å². The van der Waals surface area contributed by atoms with Gasteiger partial charge in [0.15, 0.2) is 0 Å². The Morgan fingerprint density at radius 3 is 2.83 bits per heavy atom. The smallest absolute Gasteiger partial charge is 0.414 e. The van der Waals surface area contributed by atoms with Crippen LogP contribution in [0.15, 0.2) is 53.1 Å². The van der Waals surface area contributed by atoms with E-state index >= 15 is 0 Å². The van der Waals surface area contributed by atoms with Crippen molar-refractivity contribution in [3.63, 3.8) is 0 Å². The van der Waals surface area contributed by atoms with Gasteiger partial charge in [-0.05, 0) is 25.1 Å². The van der Waals surface area contributed by atoms with Gasteiger partial charge in [-0.25, -0.2) is 9.18 Å². The lowest BCUT2D eigenvalue weighted by Gasteiger charge is -2.14. The molecule has 1 unspecified atom stereocenters. The SMILES string of the molecule is CC(=S)NCC1CN(c2ccc(-c3nc(-c4ccccc4)no3)c(F)c2)C(=O)O1. The van der Waals surface area contributed by atoms with Crippen LogP contribution in [0.25, 0.3) is 22.8 Å². The average Bonchev–Trinajstić information content (AvgIpc) is 3.34. The molecule has 2 heterocycles. The summed E-state index contributed by atoms with van der Waals surface area (Å²) in [7, 11) is 0. The summed E-state index contributed by atoms with van der Waals surface area (Å²) in [6.45, 7) is 2.45. The summed E-state index contributed by atoms with van der Waals surface area (Å²) in [4.78, 5) is 18.4. The van der Waals surface area contributed by atoms with Crippen LogP contribution in [0.1, 0.15) is 6.92 Å². The molecule has 0 radical (unpaired) electrons. The third-order valence-electron chi connectivity index (χ3n) is 4.41. The van der Waals surface area contributed by atoms with Crippen molar-refractivity contribution in [3.05, 3.63) is 54.3 Å². The summed E-state index contributed by atoms with van der Waals surface area (Å²) in [5, 5.41) is 6.87. The summed E-state index contributed by atoms with van der Waals surface area (Å²) < 4.78 is 25.2. The number of benzene rings is 2. The Bertz CT molecular complexity index is 1060. The van der Waals surface area contributed by atoms with E-state index in [-0.39, 0.29) is 17.6 Å². The second-order valence-corrected chi connectivity index (χ2v) is 7.12. The Kier molecular flexibility index (Phi) is 5.22. The first kappa shape index (κ1) is 19.0.